The minimum atomic E-state index is -4.46. The summed E-state index contributed by atoms with van der Waals surface area (Å²) in [7, 11) is 1.34. The topological polar surface area (TPSA) is 44.5 Å². The largest absolute Gasteiger partial charge is 0.467 e. The minimum Gasteiger partial charge on any atom is -0.467 e. The van der Waals surface area contributed by atoms with Gasteiger partial charge in [0.05, 0.1) is 5.56 Å². The molecule has 0 aromatic heterocycles. The van der Waals surface area contributed by atoms with Crippen molar-refractivity contribution in [2.75, 3.05) is 13.9 Å². The number of ether oxygens (including phenoxy) is 2. The zero-order chi connectivity index (χ0) is 13.8. The van der Waals surface area contributed by atoms with Crippen LogP contribution in [-0.4, -0.2) is 19.9 Å². The third-order valence-electron chi connectivity index (χ3n) is 2.24. The molecule has 6 heteroatoms. The zero-order valence-electron chi connectivity index (χ0n) is 10.3. The van der Waals surface area contributed by atoms with Gasteiger partial charge in [-0.3, -0.25) is 0 Å². The molecule has 0 aliphatic carbocycles. The number of rotatable bonds is 5. The standard InChI is InChI=1S/C12H16F3NO2/c1-8(16)5-9-3-4-11(18-7-17-2)10(6-9)12(13,14)15/h3-4,6,8H,5,7,16H2,1-2H3. The van der Waals surface area contributed by atoms with E-state index in [1.54, 1.807) is 13.0 Å². The van der Waals surface area contributed by atoms with E-state index < -0.39 is 11.7 Å². The molecule has 1 aromatic carbocycles. The van der Waals surface area contributed by atoms with E-state index in [1.165, 1.54) is 13.2 Å². The fourth-order valence-corrected chi connectivity index (χ4v) is 1.55. The van der Waals surface area contributed by atoms with Crippen molar-refractivity contribution in [2.24, 2.45) is 5.73 Å². The maximum atomic E-state index is 12.8. The first-order chi connectivity index (χ1) is 8.34. The highest BCUT2D eigenvalue weighted by molar-refractivity contribution is 5.39. The summed E-state index contributed by atoms with van der Waals surface area (Å²) in [6, 6.07) is 3.73. The molecular formula is C12H16F3NO2. The summed E-state index contributed by atoms with van der Waals surface area (Å²) in [5, 5.41) is 0. The number of hydrogen-bond acceptors (Lipinski definition) is 3. The van der Waals surface area contributed by atoms with E-state index in [0.717, 1.165) is 6.07 Å². The Balaban J connectivity index is 3.04. The number of alkyl halides is 3. The molecule has 0 saturated heterocycles. The molecule has 2 N–H and O–H groups in total. The van der Waals surface area contributed by atoms with Gasteiger partial charge in [-0.2, -0.15) is 13.2 Å². The Morgan fingerprint density at radius 1 is 1.33 bits per heavy atom. The lowest BCUT2D eigenvalue weighted by Gasteiger charge is -2.15. The van der Waals surface area contributed by atoms with Gasteiger partial charge >= 0.3 is 6.18 Å². The van der Waals surface area contributed by atoms with Gasteiger partial charge < -0.3 is 15.2 Å². The van der Waals surface area contributed by atoms with Crippen LogP contribution in [0.1, 0.15) is 18.1 Å². The SMILES string of the molecule is COCOc1ccc(CC(C)N)cc1C(F)(F)F. The molecular weight excluding hydrogens is 247 g/mol. The molecule has 3 nitrogen and oxygen atoms in total. The molecule has 1 unspecified atom stereocenters. The smallest absolute Gasteiger partial charge is 0.419 e. The Morgan fingerprint density at radius 3 is 2.50 bits per heavy atom. The maximum absolute atomic E-state index is 12.8. The van der Waals surface area contributed by atoms with Crippen molar-refractivity contribution in [2.45, 2.75) is 25.6 Å². The van der Waals surface area contributed by atoms with Crippen LogP contribution in [-0.2, 0) is 17.3 Å². The van der Waals surface area contributed by atoms with Crippen molar-refractivity contribution >= 4 is 0 Å². The monoisotopic (exact) mass is 263 g/mol. The first-order valence-corrected chi connectivity index (χ1v) is 5.42. The summed E-state index contributed by atoms with van der Waals surface area (Å²) in [5.74, 6) is -0.238. The average Bonchev–Trinajstić information content (AvgIpc) is 2.25. The second-order valence-corrected chi connectivity index (χ2v) is 4.06. The van der Waals surface area contributed by atoms with Gasteiger partial charge in [-0.15, -0.1) is 0 Å². The molecule has 102 valence electrons. The number of nitrogens with two attached hydrogens (primary N) is 1. The van der Waals surface area contributed by atoms with Crippen LogP contribution in [0.25, 0.3) is 0 Å². The molecule has 0 amide bonds. The van der Waals surface area contributed by atoms with Gasteiger partial charge in [-0.05, 0) is 31.0 Å². The predicted octanol–water partition coefficient (Wildman–Crippen LogP) is 2.58. The molecule has 0 saturated carbocycles. The first kappa shape index (κ1) is 14.8. The molecule has 0 radical (unpaired) electrons. The van der Waals surface area contributed by atoms with Gasteiger partial charge in [0.15, 0.2) is 6.79 Å². The number of halogens is 3. The van der Waals surface area contributed by atoms with Crippen LogP contribution in [0.3, 0.4) is 0 Å². The van der Waals surface area contributed by atoms with Gasteiger partial charge in [0.1, 0.15) is 5.75 Å². The average molecular weight is 263 g/mol. The molecule has 0 spiro atoms. The zero-order valence-corrected chi connectivity index (χ0v) is 10.3. The minimum absolute atomic E-state index is 0.197. The van der Waals surface area contributed by atoms with Crippen LogP contribution in [0.2, 0.25) is 0 Å². The third kappa shape index (κ3) is 4.19. The van der Waals surface area contributed by atoms with Gasteiger partial charge in [-0.25, -0.2) is 0 Å². The van der Waals surface area contributed by atoms with E-state index in [2.05, 4.69) is 4.74 Å². The summed E-state index contributed by atoms with van der Waals surface area (Å²) in [6.07, 6.45) is -4.08. The summed E-state index contributed by atoms with van der Waals surface area (Å²) >= 11 is 0. The molecule has 1 aromatic rings. The van der Waals surface area contributed by atoms with Gasteiger partial charge in [0.2, 0.25) is 0 Å². The summed E-state index contributed by atoms with van der Waals surface area (Å²) in [4.78, 5) is 0. The third-order valence-corrected chi connectivity index (χ3v) is 2.24. The van der Waals surface area contributed by atoms with Gasteiger partial charge in [0.25, 0.3) is 0 Å². The Kier molecular flexibility index (Phi) is 4.98. The Labute approximate surface area is 104 Å². The Hall–Kier alpha value is -1.27. The lowest BCUT2D eigenvalue weighted by molar-refractivity contribution is -0.139. The van der Waals surface area contributed by atoms with Crippen molar-refractivity contribution < 1.29 is 22.6 Å². The molecule has 1 atom stereocenters. The van der Waals surface area contributed by atoms with Crippen molar-refractivity contribution in [3.63, 3.8) is 0 Å². The Morgan fingerprint density at radius 2 is 2.00 bits per heavy atom. The van der Waals surface area contributed by atoms with Crippen molar-refractivity contribution in [1.29, 1.82) is 0 Å². The number of benzene rings is 1. The van der Waals surface area contributed by atoms with Crippen LogP contribution >= 0.6 is 0 Å². The van der Waals surface area contributed by atoms with E-state index in [4.69, 9.17) is 10.5 Å². The van der Waals surface area contributed by atoms with Crippen LogP contribution in [0.5, 0.6) is 5.75 Å². The molecule has 1 rings (SSSR count). The van der Waals surface area contributed by atoms with E-state index in [1.807, 2.05) is 0 Å². The van der Waals surface area contributed by atoms with E-state index in [0.29, 0.717) is 12.0 Å². The molecule has 0 aliphatic heterocycles. The fourth-order valence-electron chi connectivity index (χ4n) is 1.55. The quantitative estimate of drug-likeness (QED) is 0.830. The van der Waals surface area contributed by atoms with Crippen molar-refractivity contribution in [3.8, 4) is 5.75 Å². The summed E-state index contributed by atoms with van der Waals surface area (Å²) in [5.41, 5.74) is 5.29. The fraction of sp³-hybridized carbons (Fsp3) is 0.500. The van der Waals surface area contributed by atoms with E-state index in [-0.39, 0.29) is 18.6 Å². The molecule has 0 heterocycles. The highest BCUT2D eigenvalue weighted by atomic mass is 19.4. The van der Waals surface area contributed by atoms with Crippen molar-refractivity contribution in [1.82, 2.24) is 0 Å². The number of hydrogen-bond donors (Lipinski definition) is 1. The predicted molar refractivity (Wildman–Crippen MR) is 61.3 cm³/mol. The second-order valence-electron chi connectivity index (χ2n) is 4.06. The second kappa shape index (κ2) is 6.06. The van der Waals surface area contributed by atoms with Gasteiger partial charge in [0, 0.05) is 13.2 Å². The molecule has 0 bridgehead atoms. The summed E-state index contributed by atoms with van der Waals surface area (Å²) in [6.45, 7) is 1.51. The lowest BCUT2D eigenvalue weighted by atomic mass is 10.0. The van der Waals surface area contributed by atoms with E-state index >= 15 is 0 Å². The van der Waals surface area contributed by atoms with Crippen LogP contribution in [0, 0.1) is 0 Å². The molecule has 0 fully saturated rings. The maximum Gasteiger partial charge on any atom is 0.419 e. The van der Waals surface area contributed by atoms with Crippen molar-refractivity contribution in [3.05, 3.63) is 29.3 Å². The van der Waals surface area contributed by atoms with E-state index in [9.17, 15) is 13.2 Å². The summed E-state index contributed by atoms with van der Waals surface area (Å²) < 4.78 is 48.0. The molecule has 18 heavy (non-hydrogen) atoms. The normalized spacial score (nSPS) is 13.4. The lowest BCUT2D eigenvalue weighted by Crippen LogP contribution is -2.18. The highest BCUT2D eigenvalue weighted by Gasteiger charge is 2.34. The van der Waals surface area contributed by atoms with Gasteiger partial charge in [-0.1, -0.05) is 6.07 Å². The van der Waals surface area contributed by atoms with Crippen LogP contribution in [0.15, 0.2) is 18.2 Å². The van der Waals surface area contributed by atoms with Crippen LogP contribution < -0.4 is 10.5 Å². The first-order valence-electron chi connectivity index (χ1n) is 5.42. The number of methoxy groups -OCH3 is 1. The highest BCUT2D eigenvalue weighted by Crippen LogP contribution is 2.37. The Bertz CT molecular complexity index is 391. The van der Waals surface area contributed by atoms with Crippen LogP contribution in [0.4, 0.5) is 13.2 Å². The molecule has 0 aliphatic rings.